The van der Waals surface area contributed by atoms with Crippen molar-refractivity contribution < 1.29 is 39.5 Å². The Morgan fingerprint density at radius 2 is 1.48 bits per heavy atom. The minimum atomic E-state index is -1.85. The normalized spacial score (nSPS) is 27.8. The fourth-order valence-corrected chi connectivity index (χ4v) is 3.10. The smallest absolute Gasteiger partial charge is 0.335 e. The Morgan fingerprint density at radius 1 is 0.897 bits per heavy atom. The van der Waals surface area contributed by atoms with E-state index in [0.29, 0.717) is 5.56 Å². The monoisotopic (exact) mass is 402 g/mol. The predicted octanol–water partition coefficient (Wildman–Crippen LogP) is 0.893. The summed E-state index contributed by atoms with van der Waals surface area (Å²) in [6.45, 7) is 1.59. The van der Waals surface area contributed by atoms with Crippen LogP contribution in [0.25, 0.3) is 11.1 Å². The molecule has 0 aliphatic carbocycles. The third kappa shape index (κ3) is 4.46. The van der Waals surface area contributed by atoms with Gasteiger partial charge in [0.1, 0.15) is 18.3 Å². The summed E-state index contributed by atoms with van der Waals surface area (Å²) in [6, 6.07) is 17.0. The van der Waals surface area contributed by atoms with Gasteiger partial charge in [0.05, 0.1) is 5.92 Å². The first-order chi connectivity index (χ1) is 13.8. The van der Waals surface area contributed by atoms with Gasteiger partial charge >= 0.3 is 11.9 Å². The molecule has 2 aromatic rings. The maximum absolute atomic E-state index is 12.5. The Morgan fingerprint density at radius 3 is 2.07 bits per heavy atom. The lowest BCUT2D eigenvalue weighted by atomic mass is 9.97. The van der Waals surface area contributed by atoms with Crippen molar-refractivity contribution in [2.45, 2.75) is 43.5 Å². The van der Waals surface area contributed by atoms with Crippen molar-refractivity contribution in [2.75, 3.05) is 0 Å². The highest BCUT2D eigenvalue weighted by Crippen LogP contribution is 2.26. The Labute approximate surface area is 166 Å². The van der Waals surface area contributed by atoms with Gasteiger partial charge in [0.15, 0.2) is 6.10 Å². The Kier molecular flexibility index (Phi) is 6.29. The third-order valence-corrected chi connectivity index (χ3v) is 4.92. The average Bonchev–Trinajstić information content (AvgIpc) is 2.74. The lowest BCUT2D eigenvalue weighted by molar-refractivity contribution is -0.286. The van der Waals surface area contributed by atoms with Crippen LogP contribution in [-0.4, -0.2) is 63.1 Å². The van der Waals surface area contributed by atoms with E-state index in [4.69, 9.17) is 14.6 Å². The lowest BCUT2D eigenvalue weighted by Crippen LogP contribution is -2.60. The molecular weight excluding hydrogens is 380 g/mol. The van der Waals surface area contributed by atoms with Crippen molar-refractivity contribution >= 4 is 11.9 Å². The quantitative estimate of drug-likeness (QED) is 0.542. The van der Waals surface area contributed by atoms with Crippen LogP contribution in [0, 0.1) is 0 Å². The number of carboxylic acid groups (broad SMARTS) is 1. The van der Waals surface area contributed by atoms with Gasteiger partial charge in [-0.05, 0) is 23.6 Å². The van der Waals surface area contributed by atoms with E-state index in [-0.39, 0.29) is 0 Å². The SMILES string of the molecule is C[C@H](C(=O)O[C@@H]1O[C@H](C(=O)O)[C@@H](O)[C@H](O)[C@H]1O)c1ccc(-c2ccccc2)cc1. The first-order valence-corrected chi connectivity index (χ1v) is 9.08. The maximum Gasteiger partial charge on any atom is 0.335 e. The van der Waals surface area contributed by atoms with E-state index in [1.807, 2.05) is 42.5 Å². The topological polar surface area (TPSA) is 134 Å². The molecular formula is C21H22O8. The van der Waals surface area contributed by atoms with Crippen LogP contribution in [0.5, 0.6) is 0 Å². The third-order valence-electron chi connectivity index (χ3n) is 4.92. The fourth-order valence-electron chi connectivity index (χ4n) is 3.10. The second-order valence-electron chi connectivity index (χ2n) is 6.88. The Balaban J connectivity index is 1.69. The number of esters is 1. The molecule has 1 aliphatic heterocycles. The summed E-state index contributed by atoms with van der Waals surface area (Å²) < 4.78 is 10.1. The second kappa shape index (κ2) is 8.71. The van der Waals surface area contributed by atoms with E-state index in [0.717, 1.165) is 11.1 Å². The number of aliphatic hydroxyl groups is 3. The fraction of sp³-hybridized carbons (Fsp3) is 0.333. The summed E-state index contributed by atoms with van der Waals surface area (Å²) in [6.07, 6.45) is -9.00. The van der Waals surface area contributed by atoms with E-state index in [1.165, 1.54) is 0 Å². The molecule has 1 heterocycles. The molecule has 0 amide bonds. The molecule has 1 aliphatic rings. The van der Waals surface area contributed by atoms with Crippen LogP contribution in [0.4, 0.5) is 0 Å². The summed E-state index contributed by atoms with van der Waals surface area (Å²) >= 11 is 0. The highest BCUT2D eigenvalue weighted by molar-refractivity contribution is 5.78. The second-order valence-corrected chi connectivity index (χ2v) is 6.88. The summed E-state index contributed by atoms with van der Waals surface area (Å²) in [5.41, 5.74) is 2.65. The Hall–Kier alpha value is -2.78. The molecule has 0 unspecified atom stereocenters. The molecule has 0 aromatic heterocycles. The van der Waals surface area contributed by atoms with Crippen LogP contribution in [0.2, 0.25) is 0 Å². The lowest BCUT2D eigenvalue weighted by Gasteiger charge is -2.38. The van der Waals surface area contributed by atoms with Gasteiger partial charge in [0, 0.05) is 0 Å². The largest absolute Gasteiger partial charge is 0.479 e. The van der Waals surface area contributed by atoms with E-state index < -0.39 is 48.6 Å². The zero-order valence-electron chi connectivity index (χ0n) is 15.6. The molecule has 0 radical (unpaired) electrons. The summed E-state index contributed by atoms with van der Waals surface area (Å²) in [7, 11) is 0. The van der Waals surface area contributed by atoms with Crippen molar-refractivity contribution in [1.82, 2.24) is 0 Å². The van der Waals surface area contributed by atoms with Gasteiger partial charge in [-0.2, -0.15) is 0 Å². The van der Waals surface area contributed by atoms with E-state index in [1.54, 1.807) is 19.1 Å². The van der Waals surface area contributed by atoms with E-state index in [9.17, 15) is 24.9 Å². The van der Waals surface area contributed by atoms with Crippen LogP contribution < -0.4 is 0 Å². The number of carbonyl (C=O) groups excluding carboxylic acids is 1. The van der Waals surface area contributed by atoms with E-state index in [2.05, 4.69) is 0 Å². The highest BCUT2D eigenvalue weighted by Gasteiger charge is 2.48. The van der Waals surface area contributed by atoms with Crippen LogP contribution in [0.3, 0.4) is 0 Å². The molecule has 6 atom stereocenters. The number of carboxylic acids is 1. The van der Waals surface area contributed by atoms with Gasteiger partial charge in [0.25, 0.3) is 0 Å². The van der Waals surface area contributed by atoms with Crippen molar-refractivity contribution in [3.63, 3.8) is 0 Å². The number of aliphatic carboxylic acids is 1. The highest BCUT2D eigenvalue weighted by atomic mass is 16.7. The number of benzene rings is 2. The molecule has 4 N–H and O–H groups in total. The number of hydrogen-bond acceptors (Lipinski definition) is 7. The molecule has 2 aromatic carbocycles. The Bertz CT molecular complexity index is 851. The van der Waals surface area contributed by atoms with Crippen LogP contribution >= 0.6 is 0 Å². The number of hydrogen-bond donors (Lipinski definition) is 4. The van der Waals surface area contributed by atoms with Gasteiger partial charge in [-0.25, -0.2) is 4.79 Å². The van der Waals surface area contributed by atoms with Gasteiger partial charge in [-0.3, -0.25) is 4.79 Å². The summed E-state index contributed by atoms with van der Waals surface area (Å²) in [5.74, 6) is -3.05. The van der Waals surface area contributed by atoms with Crippen LogP contribution in [0.1, 0.15) is 18.4 Å². The first-order valence-electron chi connectivity index (χ1n) is 9.08. The number of aliphatic hydroxyl groups excluding tert-OH is 3. The minimum Gasteiger partial charge on any atom is -0.479 e. The summed E-state index contributed by atoms with van der Waals surface area (Å²) in [5, 5.41) is 38.5. The maximum atomic E-state index is 12.5. The molecule has 1 saturated heterocycles. The van der Waals surface area contributed by atoms with Gasteiger partial charge in [-0.15, -0.1) is 0 Å². The number of ether oxygens (including phenoxy) is 2. The molecule has 0 bridgehead atoms. The van der Waals surface area contributed by atoms with Gasteiger partial charge in [0.2, 0.25) is 6.29 Å². The molecule has 8 heteroatoms. The van der Waals surface area contributed by atoms with Crippen LogP contribution in [-0.2, 0) is 19.1 Å². The zero-order chi connectivity index (χ0) is 21.1. The predicted molar refractivity (Wildman–Crippen MR) is 101 cm³/mol. The van der Waals surface area contributed by atoms with Crippen LogP contribution in [0.15, 0.2) is 54.6 Å². The molecule has 0 saturated carbocycles. The van der Waals surface area contributed by atoms with Crippen molar-refractivity contribution in [3.8, 4) is 11.1 Å². The minimum absolute atomic E-state index is 0.648. The van der Waals surface area contributed by atoms with Gasteiger partial charge in [-0.1, -0.05) is 54.6 Å². The van der Waals surface area contributed by atoms with Crippen molar-refractivity contribution in [3.05, 3.63) is 60.2 Å². The molecule has 1 fully saturated rings. The molecule has 0 spiro atoms. The van der Waals surface area contributed by atoms with Crippen molar-refractivity contribution in [2.24, 2.45) is 0 Å². The van der Waals surface area contributed by atoms with Crippen molar-refractivity contribution in [1.29, 1.82) is 0 Å². The zero-order valence-corrected chi connectivity index (χ0v) is 15.6. The van der Waals surface area contributed by atoms with E-state index >= 15 is 0 Å². The number of carbonyl (C=O) groups is 2. The molecule has 3 rings (SSSR count). The molecule has 8 nitrogen and oxygen atoms in total. The molecule has 154 valence electrons. The average molecular weight is 402 g/mol. The standard InChI is InChI=1S/C21H22O8/c1-11(12-7-9-14(10-8-12)13-5-3-2-4-6-13)20(27)29-21-17(24)15(22)16(23)18(28-21)19(25)26/h2-11,15-18,21-24H,1H3,(H,25,26)/t11-,15-,16-,17+,18-,21-/m0/s1. The number of rotatable bonds is 5. The molecule has 29 heavy (non-hydrogen) atoms. The first kappa shape index (κ1) is 20.9. The summed E-state index contributed by atoms with van der Waals surface area (Å²) in [4.78, 5) is 23.6. The van der Waals surface area contributed by atoms with Gasteiger partial charge < -0.3 is 29.9 Å².